The number of benzene rings is 1. The van der Waals surface area contributed by atoms with Crippen molar-refractivity contribution in [2.75, 3.05) is 11.9 Å². The Morgan fingerprint density at radius 3 is 3.00 bits per heavy atom. The lowest BCUT2D eigenvalue weighted by atomic mass is 10.2. The second kappa shape index (κ2) is 3.39. The van der Waals surface area contributed by atoms with Gasteiger partial charge in [0.25, 0.3) is 0 Å². The van der Waals surface area contributed by atoms with E-state index in [4.69, 9.17) is 0 Å². The number of aromatic nitrogens is 2. The number of nitrogens with one attached hydrogen (secondary N) is 1. The Morgan fingerprint density at radius 1 is 1.31 bits per heavy atom. The molecule has 0 amide bonds. The van der Waals surface area contributed by atoms with Gasteiger partial charge in [0.15, 0.2) is 0 Å². The van der Waals surface area contributed by atoms with Crippen LogP contribution < -0.4 is 5.32 Å². The third kappa shape index (κ3) is 1.59. The van der Waals surface area contributed by atoms with E-state index in [0.29, 0.717) is 5.95 Å². The van der Waals surface area contributed by atoms with Crippen LogP contribution in [0.25, 0.3) is 10.9 Å². The fourth-order valence-corrected chi connectivity index (χ4v) is 1.22. The Bertz CT molecular complexity index is 412. The molecule has 1 heterocycles. The molecule has 0 fully saturated rings. The van der Waals surface area contributed by atoms with Crippen LogP contribution >= 0.6 is 0 Å². The summed E-state index contributed by atoms with van der Waals surface area (Å²) < 4.78 is 0. The zero-order valence-corrected chi connectivity index (χ0v) is 7.49. The predicted molar refractivity (Wildman–Crippen MR) is 53.7 cm³/mol. The minimum atomic E-state index is 0.696. The van der Waals surface area contributed by atoms with Crippen molar-refractivity contribution in [2.45, 2.75) is 6.92 Å². The minimum Gasteiger partial charge on any atom is -0.354 e. The van der Waals surface area contributed by atoms with E-state index in [0.717, 1.165) is 17.4 Å². The van der Waals surface area contributed by atoms with Crippen LogP contribution in [-0.4, -0.2) is 16.5 Å². The summed E-state index contributed by atoms with van der Waals surface area (Å²) in [5, 5.41) is 4.15. The van der Waals surface area contributed by atoms with E-state index in [1.165, 1.54) is 0 Å². The first-order valence-corrected chi connectivity index (χ1v) is 4.36. The smallest absolute Gasteiger partial charge is 0.223 e. The topological polar surface area (TPSA) is 37.8 Å². The predicted octanol–water partition coefficient (Wildman–Crippen LogP) is 2.06. The van der Waals surface area contributed by atoms with Crippen molar-refractivity contribution in [3.63, 3.8) is 0 Å². The molecular formula is C10H11N3. The van der Waals surface area contributed by atoms with Crippen LogP contribution in [0.5, 0.6) is 0 Å². The molecule has 0 unspecified atom stereocenters. The summed E-state index contributed by atoms with van der Waals surface area (Å²) in [5.41, 5.74) is 0.980. The highest BCUT2D eigenvalue weighted by molar-refractivity contribution is 5.78. The molecule has 0 radical (unpaired) electrons. The Morgan fingerprint density at radius 2 is 2.15 bits per heavy atom. The van der Waals surface area contributed by atoms with Gasteiger partial charge in [0, 0.05) is 18.1 Å². The Labute approximate surface area is 76.8 Å². The molecule has 0 atom stereocenters. The molecule has 1 aromatic carbocycles. The maximum atomic E-state index is 4.34. The SMILES string of the molecule is CCNc1ncc2ccccc2n1. The number of hydrogen-bond acceptors (Lipinski definition) is 3. The molecule has 2 aromatic rings. The highest BCUT2D eigenvalue weighted by atomic mass is 15.1. The van der Waals surface area contributed by atoms with E-state index in [1.807, 2.05) is 37.4 Å². The largest absolute Gasteiger partial charge is 0.354 e. The lowest BCUT2D eigenvalue weighted by molar-refractivity contribution is 1.11. The lowest BCUT2D eigenvalue weighted by Gasteiger charge is -2.01. The van der Waals surface area contributed by atoms with E-state index in [2.05, 4.69) is 15.3 Å². The van der Waals surface area contributed by atoms with Crippen molar-refractivity contribution < 1.29 is 0 Å². The van der Waals surface area contributed by atoms with Gasteiger partial charge in [-0.15, -0.1) is 0 Å². The van der Waals surface area contributed by atoms with Gasteiger partial charge >= 0.3 is 0 Å². The Hall–Kier alpha value is -1.64. The summed E-state index contributed by atoms with van der Waals surface area (Å²) in [6, 6.07) is 7.95. The first kappa shape index (κ1) is 7.98. The van der Waals surface area contributed by atoms with E-state index < -0.39 is 0 Å². The molecule has 0 aliphatic heterocycles. The fourth-order valence-electron chi connectivity index (χ4n) is 1.22. The second-order valence-corrected chi connectivity index (χ2v) is 2.78. The van der Waals surface area contributed by atoms with Crippen LogP contribution in [0.3, 0.4) is 0 Å². The van der Waals surface area contributed by atoms with Gasteiger partial charge in [-0.3, -0.25) is 0 Å². The van der Waals surface area contributed by atoms with Crippen molar-refractivity contribution >= 4 is 16.9 Å². The van der Waals surface area contributed by atoms with Gasteiger partial charge in [0.05, 0.1) is 5.52 Å². The molecule has 0 aliphatic carbocycles. The molecular weight excluding hydrogens is 162 g/mol. The number of rotatable bonds is 2. The van der Waals surface area contributed by atoms with E-state index in [9.17, 15) is 0 Å². The first-order valence-electron chi connectivity index (χ1n) is 4.36. The summed E-state index contributed by atoms with van der Waals surface area (Å²) >= 11 is 0. The fraction of sp³-hybridized carbons (Fsp3) is 0.200. The number of para-hydroxylation sites is 1. The van der Waals surface area contributed by atoms with Gasteiger partial charge in [-0.1, -0.05) is 18.2 Å². The van der Waals surface area contributed by atoms with Crippen LogP contribution in [0.1, 0.15) is 6.92 Å². The van der Waals surface area contributed by atoms with Gasteiger partial charge in [-0.2, -0.15) is 0 Å². The minimum absolute atomic E-state index is 0.696. The van der Waals surface area contributed by atoms with Crippen LogP contribution in [-0.2, 0) is 0 Å². The van der Waals surface area contributed by atoms with Crippen molar-refractivity contribution in [2.24, 2.45) is 0 Å². The number of nitrogens with zero attached hydrogens (tertiary/aromatic N) is 2. The van der Waals surface area contributed by atoms with Crippen LogP contribution in [0.15, 0.2) is 30.5 Å². The molecule has 0 bridgehead atoms. The van der Waals surface area contributed by atoms with Crippen molar-refractivity contribution in [3.8, 4) is 0 Å². The van der Waals surface area contributed by atoms with Crippen LogP contribution in [0.4, 0.5) is 5.95 Å². The maximum Gasteiger partial charge on any atom is 0.223 e. The van der Waals surface area contributed by atoms with Crippen molar-refractivity contribution in [1.29, 1.82) is 0 Å². The summed E-state index contributed by atoms with van der Waals surface area (Å²) in [4.78, 5) is 8.52. The summed E-state index contributed by atoms with van der Waals surface area (Å²) in [6.45, 7) is 2.87. The molecule has 1 N–H and O–H groups in total. The van der Waals surface area contributed by atoms with Gasteiger partial charge < -0.3 is 5.32 Å². The molecule has 0 aliphatic rings. The molecule has 3 nitrogen and oxygen atoms in total. The third-order valence-electron chi connectivity index (χ3n) is 1.82. The number of fused-ring (bicyclic) bond motifs is 1. The molecule has 2 rings (SSSR count). The van der Waals surface area contributed by atoms with Gasteiger partial charge in [-0.05, 0) is 13.0 Å². The average molecular weight is 173 g/mol. The molecule has 66 valence electrons. The van der Waals surface area contributed by atoms with Crippen molar-refractivity contribution in [1.82, 2.24) is 9.97 Å². The highest BCUT2D eigenvalue weighted by Crippen LogP contribution is 2.10. The van der Waals surface area contributed by atoms with Gasteiger partial charge in [-0.25, -0.2) is 9.97 Å². The molecule has 3 heteroatoms. The van der Waals surface area contributed by atoms with Gasteiger partial charge in [0.2, 0.25) is 5.95 Å². The third-order valence-corrected chi connectivity index (χ3v) is 1.82. The molecule has 0 saturated carbocycles. The van der Waals surface area contributed by atoms with E-state index >= 15 is 0 Å². The maximum absolute atomic E-state index is 4.34. The van der Waals surface area contributed by atoms with Crippen LogP contribution in [0.2, 0.25) is 0 Å². The van der Waals surface area contributed by atoms with E-state index in [1.54, 1.807) is 0 Å². The zero-order valence-electron chi connectivity index (χ0n) is 7.49. The molecule has 0 saturated heterocycles. The monoisotopic (exact) mass is 173 g/mol. The Kier molecular flexibility index (Phi) is 2.08. The molecule has 1 aromatic heterocycles. The lowest BCUT2D eigenvalue weighted by Crippen LogP contribution is -2.01. The number of anilines is 1. The highest BCUT2D eigenvalue weighted by Gasteiger charge is 1.96. The van der Waals surface area contributed by atoms with Crippen molar-refractivity contribution in [3.05, 3.63) is 30.5 Å². The first-order chi connectivity index (χ1) is 6.40. The normalized spacial score (nSPS) is 10.2. The van der Waals surface area contributed by atoms with Crippen LogP contribution in [0, 0.1) is 0 Å². The summed E-state index contributed by atoms with van der Waals surface area (Å²) in [6.07, 6.45) is 1.83. The molecule has 0 spiro atoms. The summed E-state index contributed by atoms with van der Waals surface area (Å²) in [5.74, 6) is 0.696. The average Bonchev–Trinajstić information content (AvgIpc) is 2.18. The van der Waals surface area contributed by atoms with E-state index in [-0.39, 0.29) is 0 Å². The molecule has 13 heavy (non-hydrogen) atoms. The summed E-state index contributed by atoms with van der Waals surface area (Å²) in [7, 11) is 0. The quantitative estimate of drug-likeness (QED) is 0.755. The Balaban J connectivity index is 2.49. The number of hydrogen-bond donors (Lipinski definition) is 1. The van der Waals surface area contributed by atoms with Gasteiger partial charge in [0.1, 0.15) is 0 Å². The zero-order chi connectivity index (χ0) is 9.10. The second-order valence-electron chi connectivity index (χ2n) is 2.78. The standard InChI is InChI=1S/C10H11N3/c1-2-11-10-12-7-8-5-3-4-6-9(8)13-10/h3-7H,2H2,1H3,(H,11,12,13).